The van der Waals surface area contributed by atoms with Crippen LogP contribution in [0.4, 0.5) is 0 Å². The van der Waals surface area contributed by atoms with Crippen molar-refractivity contribution in [2.24, 2.45) is 5.10 Å². The number of hydrogen-bond acceptors (Lipinski definition) is 7. The molecule has 0 unspecified atom stereocenters. The summed E-state index contributed by atoms with van der Waals surface area (Å²) in [7, 11) is 1.61. The second-order valence-corrected chi connectivity index (χ2v) is 7.29. The lowest BCUT2D eigenvalue weighted by Crippen LogP contribution is -2.26. The maximum atomic E-state index is 13.2. The molecule has 1 aliphatic heterocycles. The molecule has 0 N–H and O–H groups in total. The summed E-state index contributed by atoms with van der Waals surface area (Å²) in [5.41, 5.74) is 2.48. The molecule has 0 saturated carbocycles. The maximum Gasteiger partial charge on any atom is 0.344 e. The van der Waals surface area contributed by atoms with Crippen molar-refractivity contribution < 1.29 is 28.2 Å². The molecule has 0 radical (unpaired) electrons. The number of carbonyl (C=O) groups excluding carboxylic acids is 2. The van der Waals surface area contributed by atoms with Crippen molar-refractivity contribution in [3.05, 3.63) is 83.8 Å². The molecule has 1 amide bonds. The molecule has 170 valence electrons. The lowest BCUT2D eigenvalue weighted by atomic mass is 9.98. The number of amides is 1. The Kier molecular flexibility index (Phi) is 6.73. The first kappa shape index (κ1) is 22.1. The third-order valence-corrected chi connectivity index (χ3v) is 5.18. The van der Waals surface area contributed by atoms with Crippen LogP contribution in [0.15, 0.2) is 76.4 Å². The highest BCUT2D eigenvalue weighted by molar-refractivity contribution is 6.04. The van der Waals surface area contributed by atoms with Gasteiger partial charge in [0.05, 0.1) is 31.7 Å². The number of hydrogen-bond donors (Lipinski definition) is 0. The number of ether oxygens (including phenoxy) is 3. The molecule has 0 bridgehead atoms. The van der Waals surface area contributed by atoms with Crippen molar-refractivity contribution in [1.82, 2.24) is 5.01 Å². The number of carbonyl (C=O) groups is 2. The van der Waals surface area contributed by atoms with E-state index in [0.29, 0.717) is 18.8 Å². The predicted octanol–water partition coefficient (Wildman–Crippen LogP) is 4.22. The lowest BCUT2D eigenvalue weighted by Gasteiger charge is -2.21. The molecular weight excluding hydrogens is 424 g/mol. The van der Waals surface area contributed by atoms with Gasteiger partial charge >= 0.3 is 11.9 Å². The Labute approximate surface area is 191 Å². The minimum atomic E-state index is -0.441. The van der Waals surface area contributed by atoms with Gasteiger partial charge in [-0.25, -0.2) is 9.80 Å². The van der Waals surface area contributed by atoms with Crippen molar-refractivity contribution >= 4 is 17.6 Å². The molecule has 8 nitrogen and oxygen atoms in total. The van der Waals surface area contributed by atoms with Gasteiger partial charge in [-0.1, -0.05) is 12.1 Å². The Morgan fingerprint density at radius 2 is 1.91 bits per heavy atom. The number of benzene rings is 2. The van der Waals surface area contributed by atoms with Crippen LogP contribution in [0.2, 0.25) is 0 Å². The average molecular weight is 448 g/mol. The van der Waals surface area contributed by atoms with E-state index in [1.807, 2.05) is 36.4 Å². The molecule has 8 heteroatoms. The zero-order valence-electron chi connectivity index (χ0n) is 18.4. The van der Waals surface area contributed by atoms with Gasteiger partial charge in [0.2, 0.25) is 0 Å². The maximum absolute atomic E-state index is 13.2. The number of hydrazone groups is 1. The standard InChI is InChI=1S/C25H24N2O6/c1-3-31-24(28)16-33-20-7-4-6-18(14-20)22-15-21(17-9-11-19(30-2)12-10-17)26-27(22)25(29)23-8-5-13-32-23/h4-14,22H,3,15-16H2,1-2H3/t22-/m1/s1. The normalized spacial score (nSPS) is 15.2. The van der Waals surface area contributed by atoms with Gasteiger partial charge in [-0.05, 0) is 66.6 Å². The van der Waals surface area contributed by atoms with E-state index in [4.69, 9.17) is 18.6 Å². The fraction of sp³-hybridized carbons (Fsp3) is 0.240. The Balaban J connectivity index is 1.61. The molecule has 0 aliphatic carbocycles. The van der Waals surface area contributed by atoms with Gasteiger partial charge in [0.15, 0.2) is 12.4 Å². The van der Waals surface area contributed by atoms with Gasteiger partial charge in [0, 0.05) is 6.42 Å². The van der Waals surface area contributed by atoms with Crippen molar-refractivity contribution in [3.8, 4) is 11.5 Å². The minimum absolute atomic E-state index is 0.190. The number of rotatable bonds is 8. The van der Waals surface area contributed by atoms with E-state index in [-0.39, 0.29) is 24.3 Å². The van der Waals surface area contributed by atoms with Crippen molar-refractivity contribution in [2.75, 3.05) is 20.3 Å². The summed E-state index contributed by atoms with van der Waals surface area (Å²) in [5, 5.41) is 6.07. The SMILES string of the molecule is CCOC(=O)COc1cccc([C@H]2CC(c3ccc(OC)cc3)=NN2C(=O)c2ccco2)c1. The molecule has 0 spiro atoms. The van der Waals surface area contributed by atoms with Gasteiger partial charge in [-0.2, -0.15) is 5.10 Å². The van der Waals surface area contributed by atoms with Crippen molar-refractivity contribution in [1.29, 1.82) is 0 Å². The predicted molar refractivity (Wildman–Crippen MR) is 120 cm³/mol. The first-order chi connectivity index (χ1) is 16.1. The Morgan fingerprint density at radius 1 is 1.09 bits per heavy atom. The Hall–Kier alpha value is -4.07. The third-order valence-electron chi connectivity index (χ3n) is 5.18. The topological polar surface area (TPSA) is 90.6 Å². The van der Waals surface area contributed by atoms with E-state index in [2.05, 4.69) is 5.10 Å². The molecule has 3 aromatic rings. The smallest absolute Gasteiger partial charge is 0.344 e. The van der Waals surface area contributed by atoms with Crippen LogP contribution in [0.1, 0.15) is 41.1 Å². The van der Waals surface area contributed by atoms with E-state index in [1.54, 1.807) is 38.3 Å². The van der Waals surface area contributed by atoms with Crippen LogP contribution < -0.4 is 9.47 Å². The van der Waals surface area contributed by atoms with Gasteiger partial charge < -0.3 is 18.6 Å². The highest BCUT2D eigenvalue weighted by Crippen LogP contribution is 2.35. The molecule has 2 aromatic carbocycles. The number of nitrogens with zero attached hydrogens (tertiary/aromatic N) is 2. The number of esters is 1. The fourth-order valence-electron chi connectivity index (χ4n) is 3.58. The second-order valence-electron chi connectivity index (χ2n) is 7.29. The largest absolute Gasteiger partial charge is 0.497 e. The van der Waals surface area contributed by atoms with Gasteiger partial charge in [0.25, 0.3) is 0 Å². The first-order valence-electron chi connectivity index (χ1n) is 10.6. The third kappa shape index (κ3) is 5.06. The van der Waals surface area contributed by atoms with E-state index >= 15 is 0 Å². The lowest BCUT2D eigenvalue weighted by molar-refractivity contribution is -0.145. The van der Waals surface area contributed by atoms with Crippen LogP contribution in [0.3, 0.4) is 0 Å². The number of furan rings is 1. The van der Waals surface area contributed by atoms with Crippen LogP contribution in [0, 0.1) is 0 Å². The summed E-state index contributed by atoms with van der Waals surface area (Å²) in [6.45, 7) is 1.84. The summed E-state index contributed by atoms with van der Waals surface area (Å²) >= 11 is 0. The molecule has 0 saturated heterocycles. The summed E-state index contributed by atoms with van der Waals surface area (Å²) in [6.07, 6.45) is 1.95. The second kappa shape index (κ2) is 10.0. The van der Waals surface area contributed by atoms with E-state index in [1.165, 1.54) is 11.3 Å². The number of methoxy groups -OCH3 is 1. The molecule has 1 aromatic heterocycles. The van der Waals surface area contributed by atoms with Crippen LogP contribution in [-0.4, -0.2) is 42.9 Å². The summed E-state index contributed by atoms with van der Waals surface area (Å²) in [5.74, 6) is 0.664. The van der Waals surface area contributed by atoms with Crippen LogP contribution >= 0.6 is 0 Å². The van der Waals surface area contributed by atoms with E-state index in [0.717, 1.165) is 22.6 Å². The molecule has 1 atom stereocenters. The monoisotopic (exact) mass is 448 g/mol. The zero-order valence-corrected chi connectivity index (χ0v) is 18.4. The van der Waals surface area contributed by atoms with E-state index in [9.17, 15) is 9.59 Å². The summed E-state index contributed by atoms with van der Waals surface area (Å²) in [6, 6.07) is 17.7. The molecule has 33 heavy (non-hydrogen) atoms. The van der Waals surface area contributed by atoms with Gasteiger partial charge in [-0.15, -0.1) is 0 Å². The molecular formula is C25H24N2O6. The molecule has 0 fully saturated rings. The summed E-state index contributed by atoms with van der Waals surface area (Å²) in [4.78, 5) is 24.8. The molecule has 1 aliphatic rings. The van der Waals surface area contributed by atoms with Gasteiger partial charge in [0.1, 0.15) is 11.5 Å². The van der Waals surface area contributed by atoms with Crippen molar-refractivity contribution in [3.63, 3.8) is 0 Å². The van der Waals surface area contributed by atoms with Crippen LogP contribution in [0.5, 0.6) is 11.5 Å². The Morgan fingerprint density at radius 3 is 2.61 bits per heavy atom. The average Bonchev–Trinajstić information content (AvgIpc) is 3.54. The minimum Gasteiger partial charge on any atom is -0.497 e. The van der Waals surface area contributed by atoms with Crippen LogP contribution in [-0.2, 0) is 9.53 Å². The highest BCUT2D eigenvalue weighted by atomic mass is 16.6. The zero-order chi connectivity index (χ0) is 23.2. The van der Waals surface area contributed by atoms with Crippen molar-refractivity contribution in [2.45, 2.75) is 19.4 Å². The fourth-order valence-corrected chi connectivity index (χ4v) is 3.58. The van der Waals surface area contributed by atoms with Gasteiger partial charge in [-0.3, -0.25) is 4.79 Å². The summed E-state index contributed by atoms with van der Waals surface area (Å²) < 4.78 is 21.0. The molecule has 2 heterocycles. The van der Waals surface area contributed by atoms with E-state index < -0.39 is 5.97 Å². The van der Waals surface area contributed by atoms with Crippen LogP contribution in [0.25, 0.3) is 0 Å². The highest BCUT2D eigenvalue weighted by Gasteiger charge is 2.35. The Bertz CT molecular complexity index is 1140. The first-order valence-corrected chi connectivity index (χ1v) is 10.6. The molecule has 4 rings (SSSR count). The quantitative estimate of drug-likeness (QED) is 0.479.